The maximum Gasteiger partial charge on any atom is 0.390 e. The molecule has 15 heavy (non-hydrogen) atoms. The second-order valence-corrected chi connectivity index (χ2v) is 3.67. The molecule has 6 heteroatoms. The maximum atomic E-state index is 11.9. The number of carbonyl (C=O) groups is 1. The summed E-state index contributed by atoms with van der Waals surface area (Å²) in [6.45, 7) is 1.93. The monoisotopic (exact) mass is 224 g/mol. The molecule has 0 aromatic carbocycles. The first-order valence-electron chi connectivity index (χ1n) is 5.03. The van der Waals surface area contributed by atoms with E-state index in [1.807, 2.05) is 6.92 Å². The number of rotatable bonds is 4. The minimum Gasteiger partial charge on any atom is -0.328 e. The Labute approximate surface area is 86.6 Å². The van der Waals surface area contributed by atoms with Crippen LogP contribution in [0.4, 0.5) is 13.2 Å². The molecular weight excluding hydrogens is 209 g/mol. The van der Waals surface area contributed by atoms with Gasteiger partial charge in [-0.25, -0.2) is 0 Å². The average Bonchev–Trinajstić information content (AvgIpc) is 2.45. The molecule has 0 spiro atoms. The fourth-order valence-electron chi connectivity index (χ4n) is 1.57. The molecule has 1 rings (SSSR count). The normalized spacial score (nSPS) is 22.5. The van der Waals surface area contributed by atoms with E-state index in [9.17, 15) is 18.0 Å². The summed E-state index contributed by atoms with van der Waals surface area (Å²) in [6.07, 6.45) is -3.60. The topological polar surface area (TPSA) is 32.3 Å². The van der Waals surface area contributed by atoms with E-state index in [4.69, 9.17) is 0 Å². The van der Waals surface area contributed by atoms with Gasteiger partial charge in [-0.05, 0) is 6.42 Å². The van der Waals surface area contributed by atoms with Gasteiger partial charge in [0.2, 0.25) is 5.91 Å². The van der Waals surface area contributed by atoms with Crippen LogP contribution in [0.2, 0.25) is 0 Å². The Morgan fingerprint density at radius 2 is 2.20 bits per heavy atom. The highest BCUT2D eigenvalue weighted by Gasteiger charge is 2.34. The minimum absolute atomic E-state index is 0.207. The lowest BCUT2D eigenvalue weighted by Crippen LogP contribution is -2.32. The van der Waals surface area contributed by atoms with Crippen LogP contribution in [0.3, 0.4) is 0 Å². The third-order valence-corrected chi connectivity index (χ3v) is 2.38. The van der Waals surface area contributed by atoms with Gasteiger partial charge in [-0.3, -0.25) is 10.1 Å². The maximum absolute atomic E-state index is 11.9. The van der Waals surface area contributed by atoms with E-state index in [0.29, 0.717) is 6.42 Å². The zero-order valence-corrected chi connectivity index (χ0v) is 8.60. The standard InChI is InChI=1S/C9H15F3N2O/c1-2-3-7-8(15)14(6-13-7)5-4-9(10,11)12/h7,13H,2-6H2,1H3. The number of alkyl halides is 3. The van der Waals surface area contributed by atoms with Gasteiger partial charge in [0.1, 0.15) is 0 Å². The third kappa shape index (κ3) is 3.70. The van der Waals surface area contributed by atoms with Crippen LogP contribution in [0.1, 0.15) is 26.2 Å². The Morgan fingerprint density at radius 1 is 1.53 bits per heavy atom. The largest absolute Gasteiger partial charge is 0.390 e. The first kappa shape index (κ1) is 12.3. The van der Waals surface area contributed by atoms with Gasteiger partial charge in [-0.1, -0.05) is 13.3 Å². The summed E-state index contributed by atoms with van der Waals surface area (Å²) in [7, 11) is 0. The highest BCUT2D eigenvalue weighted by molar-refractivity contribution is 5.83. The number of amides is 1. The SMILES string of the molecule is CCCC1NCN(CCC(F)(F)F)C1=O. The van der Waals surface area contributed by atoms with Crippen LogP contribution < -0.4 is 5.32 Å². The van der Waals surface area contributed by atoms with Gasteiger partial charge in [0.25, 0.3) is 0 Å². The van der Waals surface area contributed by atoms with Crippen LogP contribution in [0.15, 0.2) is 0 Å². The predicted octanol–water partition coefficient (Wildman–Crippen LogP) is 1.50. The first-order chi connectivity index (χ1) is 6.94. The smallest absolute Gasteiger partial charge is 0.328 e. The molecule has 1 N–H and O–H groups in total. The number of hydrogen-bond acceptors (Lipinski definition) is 2. The van der Waals surface area contributed by atoms with Gasteiger partial charge in [-0.15, -0.1) is 0 Å². The Kier molecular flexibility index (Phi) is 3.96. The Hall–Kier alpha value is -0.780. The number of halogens is 3. The van der Waals surface area contributed by atoms with Crippen molar-refractivity contribution in [3.05, 3.63) is 0 Å². The molecule has 1 aliphatic heterocycles. The van der Waals surface area contributed by atoms with E-state index >= 15 is 0 Å². The molecule has 3 nitrogen and oxygen atoms in total. The lowest BCUT2D eigenvalue weighted by molar-refractivity contribution is -0.143. The molecule has 1 atom stereocenters. The lowest BCUT2D eigenvalue weighted by atomic mass is 10.2. The van der Waals surface area contributed by atoms with Gasteiger partial charge < -0.3 is 4.90 Å². The van der Waals surface area contributed by atoms with E-state index in [1.54, 1.807) is 0 Å². The molecule has 0 aromatic rings. The second-order valence-electron chi connectivity index (χ2n) is 3.67. The van der Waals surface area contributed by atoms with Gasteiger partial charge in [0.05, 0.1) is 19.1 Å². The number of hydrogen-bond donors (Lipinski definition) is 1. The van der Waals surface area contributed by atoms with E-state index < -0.39 is 12.6 Å². The molecule has 0 saturated carbocycles. The van der Waals surface area contributed by atoms with Crippen molar-refractivity contribution in [2.75, 3.05) is 13.2 Å². The average molecular weight is 224 g/mol. The second kappa shape index (κ2) is 4.83. The van der Waals surface area contributed by atoms with Crippen LogP contribution in [-0.4, -0.2) is 36.2 Å². The molecule has 88 valence electrons. The summed E-state index contributed by atoms with van der Waals surface area (Å²) in [6, 6.07) is -0.289. The van der Waals surface area contributed by atoms with Crippen molar-refractivity contribution >= 4 is 5.91 Å². The molecule has 1 aliphatic rings. The highest BCUT2D eigenvalue weighted by Crippen LogP contribution is 2.20. The van der Waals surface area contributed by atoms with Crippen molar-refractivity contribution in [2.45, 2.75) is 38.4 Å². The third-order valence-electron chi connectivity index (χ3n) is 2.38. The molecular formula is C9H15F3N2O. The molecule has 1 amide bonds. The Morgan fingerprint density at radius 3 is 2.73 bits per heavy atom. The van der Waals surface area contributed by atoms with Crippen LogP contribution >= 0.6 is 0 Å². The Balaban J connectivity index is 2.36. The predicted molar refractivity (Wildman–Crippen MR) is 49.1 cm³/mol. The summed E-state index contributed by atoms with van der Waals surface area (Å²) < 4.78 is 35.8. The van der Waals surface area contributed by atoms with Crippen LogP contribution in [-0.2, 0) is 4.79 Å². The molecule has 0 aliphatic carbocycles. The molecule has 1 fully saturated rings. The first-order valence-corrected chi connectivity index (χ1v) is 5.03. The minimum atomic E-state index is -4.19. The molecule has 1 heterocycles. The van der Waals surface area contributed by atoms with E-state index in [-0.39, 0.29) is 25.2 Å². The van der Waals surface area contributed by atoms with Crippen LogP contribution in [0, 0.1) is 0 Å². The summed E-state index contributed by atoms with van der Waals surface area (Å²) in [5, 5.41) is 2.90. The quantitative estimate of drug-likeness (QED) is 0.784. The number of carbonyl (C=O) groups excluding carboxylic acids is 1. The van der Waals surface area contributed by atoms with E-state index in [2.05, 4.69) is 5.32 Å². The zero-order chi connectivity index (χ0) is 11.5. The van der Waals surface area contributed by atoms with Crippen LogP contribution in [0.25, 0.3) is 0 Å². The molecule has 0 bridgehead atoms. The molecule has 1 saturated heterocycles. The van der Waals surface area contributed by atoms with Crippen molar-refractivity contribution in [3.8, 4) is 0 Å². The van der Waals surface area contributed by atoms with Crippen molar-refractivity contribution in [3.63, 3.8) is 0 Å². The van der Waals surface area contributed by atoms with Crippen molar-refractivity contribution < 1.29 is 18.0 Å². The summed E-state index contributed by atoms with van der Waals surface area (Å²) in [5.41, 5.74) is 0. The van der Waals surface area contributed by atoms with Crippen molar-refractivity contribution in [1.82, 2.24) is 10.2 Å². The van der Waals surface area contributed by atoms with Crippen molar-refractivity contribution in [2.24, 2.45) is 0 Å². The van der Waals surface area contributed by atoms with Gasteiger partial charge in [-0.2, -0.15) is 13.2 Å². The van der Waals surface area contributed by atoms with Gasteiger partial charge in [0, 0.05) is 6.54 Å². The van der Waals surface area contributed by atoms with E-state index in [1.165, 1.54) is 4.90 Å². The van der Waals surface area contributed by atoms with E-state index in [0.717, 1.165) is 6.42 Å². The lowest BCUT2D eigenvalue weighted by Gasteiger charge is -2.16. The van der Waals surface area contributed by atoms with Gasteiger partial charge >= 0.3 is 6.18 Å². The van der Waals surface area contributed by atoms with Crippen molar-refractivity contribution in [1.29, 1.82) is 0 Å². The summed E-state index contributed by atoms with van der Waals surface area (Å²) in [5.74, 6) is -0.207. The Bertz CT molecular complexity index is 230. The zero-order valence-electron chi connectivity index (χ0n) is 8.60. The summed E-state index contributed by atoms with van der Waals surface area (Å²) >= 11 is 0. The summed E-state index contributed by atoms with van der Waals surface area (Å²) in [4.78, 5) is 12.7. The highest BCUT2D eigenvalue weighted by atomic mass is 19.4. The molecule has 1 unspecified atom stereocenters. The fraction of sp³-hybridized carbons (Fsp3) is 0.889. The number of nitrogens with zero attached hydrogens (tertiary/aromatic N) is 1. The van der Waals surface area contributed by atoms with Crippen LogP contribution in [0.5, 0.6) is 0 Å². The number of nitrogens with one attached hydrogen (secondary N) is 1. The fourth-order valence-corrected chi connectivity index (χ4v) is 1.57. The molecule has 0 radical (unpaired) electrons. The molecule has 0 aromatic heterocycles. The van der Waals surface area contributed by atoms with Gasteiger partial charge in [0.15, 0.2) is 0 Å².